The Bertz CT molecular complexity index is 615. The molecule has 1 atom stereocenters. The Morgan fingerprint density at radius 3 is 2.35 bits per heavy atom. The van der Waals surface area contributed by atoms with Gasteiger partial charge in [-0.05, 0) is 23.3 Å². The molecule has 0 aromatic heterocycles. The van der Waals surface area contributed by atoms with Gasteiger partial charge in [-0.3, -0.25) is 0 Å². The summed E-state index contributed by atoms with van der Waals surface area (Å²) in [7, 11) is 0. The van der Waals surface area contributed by atoms with Crippen LogP contribution >= 0.6 is 0 Å². The molecule has 0 saturated carbocycles. The van der Waals surface area contributed by atoms with Crippen LogP contribution in [0.3, 0.4) is 0 Å². The molecule has 0 aliphatic rings. The second kappa shape index (κ2) is 6.39. The van der Waals surface area contributed by atoms with E-state index < -0.39 is 12.0 Å². The van der Waals surface area contributed by atoms with Crippen LogP contribution < -0.4 is 5.32 Å². The highest BCUT2D eigenvalue weighted by molar-refractivity contribution is 5.79. The second-order valence-corrected chi connectivity index (χ2v) is 4.36. The fourth-order valence-electron chi connectivity index (χ4n) is 1.91. The smallest absolute Gasteiger partial charge is 0.330 e. The van der Waals surface area contributed by atoms with E-state index in [1.165, 1.54) is 0 Å². The van der Waals surface area contributed by atoms with E-state index in [4.69, 9.17) is 5.26 Å². The van der Waals surface area contributed by atoms with Gasteiger partial charge < -0.3 is 10.4 Å². The third-order valence-electron chi connectivity index (χ3n) is 2.93. The van der Waals surface area contributed by atoms with Crippen LogP contribution in [0.15, 0.2) is 54.6 Å². The van der Waals surface area contributed by atoms with Crippen molar-refractivity contribution in [2.24, 2.45) is 0 Å². The molecule has 2 aromatic rings. The molecule has 4 nitrogen and oxygen atoms in total. The quantitative estimate of drug-likeness (QED) is 0.872. The van der Waals surface area contributed by atoms with Crippen molar-refractivity contribution >= 4 is 11.7 Å². The van der Waals surface area contributed by atoms with Gasteiger partial charge in [0.1, 0.15) is 0 Å². The molecule has 0 heterocycles. The first-order valence-electron chi connectivity index (χ1n) is 6.21. The van der Waals surface area contributed by atoms with Crippen molar-refractivity contribution in [3.05, 3.63) is 65.7 Å². The number of anilines is 1. The molecule has 0 spiro atoms. The van der Waals surface area contributed by atoms with Gasteiger partial charge in [0.25, 0.3) is 0 Å². The summed E-state index contributed by atoms with van der Waals surface area (Å²) < 4.78 is 0. The first kappa shape index (κ1) is 13.6. The van der Waals surface area contributed by atoms with E-state index in [2.05, 4.69) is 11.4 Å². The van der Waals surface area contributed by atoms with Gasteiger partial charge in [0.2, 0.25) is 0 Å². The molecule has 0 saturated heterocycles. The SMILES string of the molecule is N#CCc1ccc(NC(C(=O)O)c2ccccc2)cc1. The minimum absolute atomic E-state index is 0.349. The maximum Gasteiger partial charge on any atom is 0.330 e. The van der Waals surface area contributed by atoms with E-state index in [1.807, 2.05) is 30.3 Å². The Kier molecular flexibility index (Phi) is 4.35. The maximum atomic E-state index is 11.4. The zero-order chi connectivity index (χ0) is 14.4. The highest BCUT2D eigenvalue weighted by atomic mass is 16.4. The summed E-state index contributed by atoms with van der Waals surface area (Å²) in [5.41, 5.74) is 2.31. The third-order valence-corrected chi connectivity index (χ3v) is 2.93. The van der Waals surface area contributed by atoms with E-state index in [0.29, 0.717) is 17.7 Å². The number of carboxylic acid groups (broad SMARTS) is 1. The van der Waals surface area contributed by atoms with Crippen LogP contribution in [-0.4, -0.2) is 11.1 Å². The molecule has 2 N–H and O–H groups in total. The molecule has 100 valence electrons. The fraction of sp³-hybridized carbons (Fsp3) is 0.125. The van der Waals surface area contributed by atoms with Crippen LogP contribution in [0, 0.1) is 11.3 Å². The van der Waals surface area contributed by atoms with Gasteiger partial charge in [-0.25, -0.2) is 4.79 Å². The number of aliphatic carboxylic acids is 1. The molecule has 0 aliphatic carbocycles. The Morgan fingerprint density at radius 1 is 1.15 bits per heavy atom. The molecule has 0 fully saturated rings. The summed E-state index contributed by atoms with van der Waals surface area (Å²) in [5.74, 6) is -0.933. The normalized spacial score (nSPS) is 11.3. The highest BCUT2D eigenvalue weighted by Crippen LogP contribution is 2.20. The lowest BCUT2D eigenvalue weighted by molar-refractivity contribution is -0.138. The number of hydrogen-bond donors (Lipinski definition) is 2. The summed E-state index contributed by atoms with van der Waals surface area (Å²) in [6.07, 6.45) is 0.349. The van der Waals surface area contributed by atoms with Crippen LogP contribution in [0.1, 0.15) is 17.2 Å². The predicted octanol–water partition coefficient (Wildman–Crippen LogP) is 2.99. The Morgan fingerprint density at radius 2 is 1.80 bits per heavy atom. The van der Waals surface area contributed by atoms with Crippen molar-refractivity contribution in [1.29, 1.82) is 5.26 Å². The Balaban J connectivity index is 2.17. The average Bonchev–Trinajstić information content (AvgIpc) is 2.47. The summed E-state index contributed by atoms with van der Waals surface area (Å²) in [6.45, 7) is 0. The molecular formula is C16H14N2O2. The van der Waals surface area contributed by atoms with Crippen molar-refractivity contribution in [3.8, 4) is 6.07 Å². The predicted molar refractivity (Wildman–Crippen MR) is 76.2 cm³/mol. The summed E-state index contributed by atoms with van der Waals surface area (Å²) in [5, 5.41) is 20.9. The molecule has 0 radical (unpaired) electrons. The first-order chi connectivity index (χ1) is 9.70. The zero-order valence-corrected chi connectivity index (χ0v) is 10.8. The van der Waals surface area contributed by atoms with Crippen LogP contribution in [0.2, 0.25) is 0 Å². The number of carboxylic acids is 1. The van der Waals surface area contributed by atoms with E-state index in [9.17, 15) is 9.90 Å². The van der Waals surface area contributed by atoms with Gasteiger partial charge in [-0.15, -0.1) is 0 Å². The van der Waals surface area contributed by atoms with Crippen LogP contribution in [0.5, 0.6) is 0 Å². The molecule has 4 heteroatoms. The van der Waals surface area contributed by atoms with E-state index >= 15 is 0 Å². The van der Waals surface area contributed by atoms with Crippen molar-refractivity contribution in [1.82, 2.24) is 0 Å². The van der Waals surface area contributed by atoms with Crippen LogP contribution in [0.4, 0.5) is 5.69 Å². The first-order valence-corrected chi connectivity index (χ1v) is 6.21. The van der Waals surface area contributed by atoms with Gasteiger partial charge in [-0.1, -0.05) is 42.5 Å². The van der Waals surface area contributed by atoms with E-state index in [-0.39, 0.29) is 0 Å². The van der Waals surface area contributed by atoms with Crippen molar-refractivity contribution in [3.63, 3.8) is 0 Å². The molecule has 2 rings (SSSR count). The van der Waals surface area contributed by atoms with Crippen molar-refractivity contribution in [2.45, 2.75) is 12.5 Å². The number of benzene rings is 2. The number of rotatable bonds is 5. The highest BCUT2D eigenvalue weighted by Gasteiger charge is 2.18. The number of nitriles is 1. The van der Waals surface area contributed by atoms with Gasteiger partial charge >= 0.3 is 5.97 Å². The maximum absolute atomic E-state index is 11.4. The van der Waals surface area contributed by atoms with Crippen LogP contribution in [0.25, 0.3) is 0 Å². The molecule has 0 amide bonds. The molecule has 1 unspecified atom stereocenters. The summed E-state index contributed by atoms with van der Waals surface area (Å²) >= 11 is 0. The van der Waals surface area contributed by atoms with Gasteiger partial charge in [0.05, 0.1) is 12.5 Å². The Labute approximate surface area is 117 Å². The summed E-state index contributed by atoms with van der Waals surface area (Å²) in [4.78, 5) is 11.4. The fourth-order valence-corrected chi connectivity index (χ4v) is 1.91. The molecule has 20 heavy (non-hydrogen) atoms. The Hall–Kier alpha value is -2.80. The number of hydrogen-bond acceptors (Lipinski definition) is 3. The van der Waals surface area contributed by atoms with Gasteiger partial charge in [0, 0.05) is 5.69 Å². The largest absolute Gasteiger partial charge is 0.479 e. The van der Waals surface area contributed by atoms with E-state index in [1.54, 1.807) is 24.3 Å². The third kappa shape index (κ3) is 3.36. The molecular weight excluding hydrogens is 252 g/mol. The molecule has 0 bridgehead atoms. The lowest BCUT2D eigenvalue weighted by Crippen LogP contribution is -2.20. The minimum Gasteiger partial charge on any atom is -0.479 e. The summed E-state index contributed by atoms with van der Waals surface area (Å²) in [6, 6.07) is 17.5. The van der Waals surface area contributed by atoms with Crippen molar-refractivity contribution < 1.29 is 9.90 Å². The van der Waals surface area contributed by atoms with Crippen LogP contribution in [-0.2, 0) is 11.2 Å². The minimum atomic E-state index is -0.933. The van der Waals surface area contributed by atoms with Gasteiger partial charge in [-0.2, -0.15) is 5.26 Å². The standard InChI is InChI=1S/C16H14N2O2/c17-11-10-12-6-8-14(9-7-12)18-15(16(19)20)13-4-2-1-3-5-13/h1-9,15,18H,10H2,(H,19,20). The monoisotopic (exact) mass is 266 g/mol. The lowest BCUT2D eigenvalue weighted by atomic mass is 10.1. The number of nitrogens with zero attached hydrogens (tertiary/aromatic N) is 1. The average molecular weight is 266 g/mol. The number of nitrogens with one attached hydrogen (secondary N) is 1. The zero-order valence-electron chi connectivity index (χ0n) is 10.8. The topological polar surface area (TPSA) is 73.1 Å². The van der Waals surface area contributed by atoms with Crippen molar-refractivity contribution in [2.75, 3.05) is 5.32 Å². The number of carbonyl (C=O) groups is 1. The van der Waals surface area contributed by atoms with Gasteiger partial charge in [0.15, 0.2) is 6.04 Å². The van der Waals surface area contributed by atoms with E-state index in [0.717, 1.165) is 5.56 Å². The molecule has 0 aliphatic heterocycles. The lowest BCUT2D eigenvalue weighted by Gasteiger charge is -2.16. The molecule has 2 aromatic carbocycles. The second-order valence-electron chi connectivity index (χ2n) is 4.36.